The number of aliphatic hydroxyl groups is 2. The summed E-state index contributed by atoms with van der Waals surface area (Å²) in [4.78, 5) is 10.9. The van der Waals surface area contributed by atoms with Crippen LogP contribution in [0.4, 0.5) is 0 Å². The zero-order valence-electron chi connectivity index (χ0n) is 7.06. The maximum atomic E-state index is 10.9. The smallest absolute Gasteiger partial charge is 0.323 e. The zero-order chi connectivity index (χ0) is 9.56. The Kier molecular flexibility index (Phi) is 5.61. The van der Waals surface area contributed by atoms with Crippen molar-refractivity contribution in [2.75, 3.05) is 13.2 Å². The van der Waals surface area contributed by atoms with Gasteiger partial charge < -0.3 is 20.7 Å². The Labute approximate surface area is 71.1 Å². The summed E-state index contributed by atoms with van der Waals surface area (Å²) in [5.74, 6) is -0.592. The third-order valence-corrected chi connectivity index (χ3v) is 1.43. The molecule has 0 radical (unpaired) electrons. The lowest BCUT2D eigenvalue weighted by atomic mass is 10.2. The molecule has 0 spiro atoms. The molecule has 0 aliphatic carbocycles. The zero-order valence-corrected chi connectivity index (χ0v) is 7.06. The van der Waals surface area contributed by atoms with Crippen molar-refractivity contribution in [1.29, 1.82) is 0 Å². The van der Waals surface area contributed by atoms with Crippen LogP contribution >= 0.6 is 0 Å². The standard InChI is InChI=1S/C7H15NO4/c1-2-6(8)7(11)12-5(3-9)4-10/h5-6,9-10H,2-4,8H2,1H3. The van der Waals surface area contributed by atoms with E-state index in [0.29, 0.717) is 6.42 Å². The van der Waals surface area contributed by atoms with E-state index in [1.807, 2.05) is 0 Å². The average molecular weight is 177 g/mol. The van der Waals surface area contributed by atoms with Crippen LogP contribution < -0.4 is 5.73 Å². The van der Waals surface area contributed by atoms with Crippen LogP contribution in [0.3, 0.4) is 0 Å². The Morgan fingerprint density at radius 3 is 2.33 bits per heavy atom. The predicted octanol–water partition coefficient (Wildman–Crippen LogP) is -1.38. The van der Waals surface area contributed by atoms with Gasteiger partial charge in [0.1, 0.15) is 12.1 Å². The molecular weight excluding hydrogens is 162 g/mol. The molecule has 4 N–H and O–H groups in total. The van der Waals surface area contributed by atoms with Gasteiger partial charge in [0, 0.05) is 0 Å². The van der Waals surface area contributed by atoms with Crippen molar-refractivity contribution in [1.82, 2.24) is 0 Å². The van der Waals surface area contributed by atoms with Gasteiger partial charge in [0.05, 0.1) is 13.2 Å². The Morgan fingerprint density at radius 2 is 2.00 bits per heavy atom. The molecule has 12 heavy (non-hydrogen) atoms. The van der Waals surface area contributed by atoms with Gasteiger partial charge in [-0.2, -0.15) is 0 Å². The molecule has 0 aliphatic heterocycles. The maximum absolute atomic E-state index is 10.9. The van der Waals surface area contributed by atoms with Crippen LogP contribution in [0, 0.1) is 0 Å². The van der Waals surface area contributed by atoms with Crippen molar-refractivity contribution in [3.63, 3.8) is 0 Å². The summed E-state index contributed by atoms with van der Waals surface area (Å²) in [6, 6.07) is -0.675. The molecule has 72 valence electrons. The van der Waals surface area contributed by atoms with E-state index in [9.17, 15) is 4.79 Å². The van der Waals surface area contributed by atoms with Crippen LogP contribution in [0.15, 0.2) is 0 Å². The normalized spacial score (nSPS) is 13.1. The second-order valence-corrected chi connectivity index (χ2v) is 2.44. The van der Waals surface area contributed by atoms with E-state index in [1.165, 1.54) is 0 Å². The third kappa shape index (κ3) is 3.66. The molecule has 0 saturated carbocycles. The van der Waals surface area contributed by atoms with Crippen LogP contribution in [0.1, 0.15) is 13.3 Å². The van der Waals surface area contributed by atoms with Gasteiger partial charge in [-0.1, -0.05) is 6.92 Å². The molecule has 0 amide bonds. The number of carbonyl (C=O) groups is 1. The Hall–Kier alpha value is -0.650. The molecule has 0 bridgehead atoms. The van der Waals surface area contributed by atoms with Crippen molar-refractivity contribution in [3.8, 4) is 0 Å². The summed E-state index contributed by atoms with van der Waals surface area (Å²) in [5.41, 5.74) is 5.34. The fraction of sp³-hybridized carbons (Fsp3) is 0.857. The monoisotopic (exact) mass is 177 g/mol. The highest BCUT2D eigenvalue weighted by Crippen LogP contribution is 1.95. The lowest BCUT2D eigenvalue weighted by molar-refractivity contribution is -0.155. The van der Waals surface area contributed by atoms with E-state index in [1.54, 1.807) is 6.92 Å². The molecule has 0 aromatic heterocycles. The van der Waals surface area contributed by atoms with Crippen LogP contribution in [0.25, 0.3) is 0 Å². The summed E-state index contributed by atoms with van der Waals surface area (Å²) < 4.78 is 4.64. The van der Waals surface area contributed by atoms with Gasteiger partial charge in [-0.05, 0) is 6.42 Å². The highest BCUT2D eigenvalue weighted by molar-refractivity contribution is 5.75. The van der Waals surface area contributed by atoms with Gasteiger partial charge >= 0.3 is 5.97 Å². The molecule has 5 heteroatoms. The number of ether oxygens (including phenoxy) is 1. The molecule has 0 aromatic carbocycles. The molecule has 0 aromatic rings. The summed E-state index contributed by atoms with van der Waals surface area (Å²) in [6.07, 6.45) is -0.377. The molecule has 0 aliphatic rings. The largest absolute Gasteiger partial charge is 0.456 e. The second-order valence-electron chi connectivity index (χ2n) is 2.44. The van der Waals surface area contributed by atoms with E-state index in [4.69, 9.17) is 15.9 Å². The van der Waals surface area contributed by atoms with E-state index in [2.05, 4.69) is 4.74 Å². The van der Waals surface area contributed by atoms with Crippen LogP contribution in [-0.4, -0.2) is 41.5 Å². The van der Waals surface area contributed by atoms with E-state index in [0.717, 1.165) is 0 Å². The van der Waals surface area contributed by atoms with E-state index in [-0.39, 0.29) is 0 Å². The second kappa shape index (κ2) is 5.93. The molecular formula is C7H15NO4. The number of rotatable bonds is 5. The fourth-order valence-corrected chi connectivity index (χ4v) is 0.551. The first-order valence-corrected chi connectivity index (χ1v) is 3.83. The van der Waals surface area contributed by atoms with Gasteiger partial charge in [0.25, 0.3) is 0 Å². The number of hydrogen-bond acceptors (Lipinski definition) is 5. The van der Waals surface area contributed by atoms with Crippen molar-refractivity contribution in [2.45, 2.75) is 25.5 Å². The highest BCUT2D eigenvalue weighted by Gasteiger charge is 2.17. The lowest BCUT2D eigenvalue weighted by Gasteiger charge is -2.15. The van der Waals surface area contributed by atoms with Gasteiger partial charge in [0.15, 0.2) is 0 Å². The van der Waals surface area contributed by atoms with Gasteiger partial charge in [-0.3, -0.25) is 4.79 Å². The van der Waals surface area contributed by atoms with Crippen molar-refractivity contribution in [2.24, 2.45) is 5.73 Å². The van der Waals surface area contributed by atoms with Gasteiger partial charge in [-0.25, -0.2) is 0 Å². The Balaban J connectivity index is 3.81. The number of nitrogens with two attached hydrogens (primary N) is 1. The van der Waals surface area contributed by atoms with Crippen molar-refractivity contribution < 1.29 is 19.7 Å². The third-order valence-electron chi connectivity index (χ3n) is 1.43. The summed E-state index contributed by atoms with van der Waals surface area (Å²) in [5, 5.41) is 17.1. The molecule has 0 fully saturated rings. The summed E-state index contributed by atoms with van der Waals surface area (Å²) in [6.45, 7) is 0.968. The topological polar surface area (TPSA) is 92.8 Å². The highest BCUT2D eigenvalue weighted by atomic mass is 16.6. The minimum Gasteiger partial charge on any atom is -0.456 e. The molecule has 0 rings (SSSR count). The fourth-order valence-electron chi connectivity index (χ4n) is 0.551. The number of aliphatic hydroxyl groups excluding tert-OH is 2. The van der Waals surface area contributed by atoms with Crippen molar-refractivity contribution in [3.05, 3.63) is 0 Å². The SMILES string of the molecule is CCC(N)C(=O)OC(CO)CO. The van der Waals surface area contributed by atoms with Crippen LogP contribution in [-0.2, 0) is 9.53 Å². The maximum Gasteiger partial charge on any atom is 0.323 e. The number of esters is 1. The summed E-state index contributed by atoms with van der Waals surface area (Å²) in [7, 11) is 0. The number of carbonyl (C=O) groups excluding carboxylic acids is 1. The molecule has 1 unspecified atom stereocenters. The quantitative estimate of drug-likeness (QED) is 0.450. The summed E-state index contributed by atoms with van der Waals surface area (Å²) >= 11 is 0. The molecule has 1 atom stereocenters. The van der Waals surface area contributed by atoms with E-state index < -0.39 is 31.3 Å². The van der Waals surface area contributed by atoms with Crippen LogP contribution in [0.5, 0.6) is 0 Å². The molecule has 5 nitrogen and oxygen atoms in total. The molecule has 0 heterocycles. The first-order chi connectivity index (χ1) is 5.65. The van der Waals surface area contributed by atoms with Gasteiger partial charge in [0.2, 0.25) is 0 Å². The minimum atomic E-state index is -0.852. The Morgan fingerprint density at radius 1 is 1.50 bits per heavy atom. The predicted molar refractivity (Wildman–Crippen MR) is 42.3 cm³/mol. The van der Waals surface area contributed by atoms with Gasteiger partial charge in [-0.15, -0.1) is 0 Å². The van der Waals surface area contributed by atoms with E-state index >= 15 is 0 Å². The van der Waals surface area contributed by atoms with Crippen molar-refractivity contribution >= 4 is 5.97 Å². The lowest BCUT2D eigenvalue weighted by Crippen LogP contribution is -2.36. The van der Waals surface area contributed by atoms with Crippen LogP contribution in [0.2, 0.25) is 0 Å². The Bertz CT molecular complexity index is 135. The average Bonchev–Trinajstić information content (AvgIpc) is 2.12. The number of hydrogen-bond donors (Lipinski definition) is 3. The first-order valence-electron chi connectivity index (χ1n) is 3.83. The minimum absolute atomic E-state index is 0.390. The molecule has 0 saturated heterocycles. The first kappa shape index (κ1) is 11.4.